The predicted molar refractivity (Wildman–Crippen MR) is 84.6 cm³/mol. The molecule has 0 saturated heterocycles. The largest absolute Gasteiger partial charge is 0.387 e. The molecule has 1 aliphatic rings. The molecule has 1 fully saturated rings. The Bertz CT molecular complexity index is 390. The van der Waals surface area contributed by atoms with Gasteiger partial charge in [-0.3, -0.25) is 0 Å². The van der Waals surface area contributed by atoms with Gasteiger partial charge in [0.2, 0.25) is 0 Å². The van der Waals surface area contributed by atoms with E-state index in [1.165, 1.54) is 25.7 Å². The van der Waals surface area contributed by atoms with E-state index in [9.17, 15) is 5.11 Å². The highest BCUT2D eigenvalue weighted by molar-refractivity contribution is 5.19. The Morgan fingerprint density at radius 3 is 2.35 bits per heavy atom. The van der Waals surface area contributed by atoms with Crippen LogP contribution in [-0.4, -0.2) is 17.2 Å². The lowest BCUT2D eigenvalue weighted by atomic mass is 9.83. The van der Waals surface area contributed by atoms with Crippen LogP contribution in [0.2, 0.25) is 0 Å². The lowest BCUT2D eigenvalue weighted by Crippen LogP contribution is -2.48. The van der Waals surface area contributed by atoms with Gasteiger partial charge in [-0.1, -0.05) is 63.9 Å². The van der Waals surface area contributed by atoms with Gasteiger partial charge in [0.25, 0.3) is 0 Å². The third-order valence-electron chi connectivity index (χ3n) is 4.72. The van der Waals surface area contributed by atoms with Crippen LogP contribution in [0.15, 0.2) is 30.3 Å². The van der Waals surface area contributed by atoms with E-state index in [1.807, 2.05) is 30.3 Å². The van der Waals surface area contributed by atoms with Crippen molar-refractivity contribution in [2.75, 3.05) is 0 Å². The Morgan fingerprint density at radius 2 is 1.75 bits per heavy atom. The molecule has 20 heavy (non-hydrogen) atoms. The standard InChI is InChI=1S/C18H29NO/c1-13(2)17(18(20)15-10-5-4-6-11-15)19-16-12-8-7-9-14(16)3/h4-6,10-11,13-14,16-20H,7-9,12H2,1-3H3. The van der Waals surface area contributed by atoms with Crippen molar-refractivity contribution in [1.29, 1.82) is 0 Å². The Morgan fingerprint density at radius 1 is 1.10 bits per heavy atom. The van der Waals surface area contributed by atoms with Gasteiger partial charge in [-0.2, -0.15) is 0 Å². The summed E-state index contributed by atoms with van der Waals surface area (Å²) in [6, 6.07) is 10.7. The summed E-state index contributed by atoms with van der Waals surface area (Å²) in [5.41, 5.74) is 1.02. The first kappa shape index (κ1) is 15.5. The molecule has 4 unspecified atom stereocenters. The first-order valence-electron chi connectivity index (χ1n) is 8.08. The molecule has 0 radical (unpaired) electrons. The molecule has 0 aliphatic heterocycles. The van der Waals surface area contributed by atoms with Crippen molar-refractivity contribution in [3.63, 3.8) is 0 Å². The second kappa shape index (κ2) is 7.24. The highest BCUT2D eigenvalue weighted by atomic mass is 16.3. The molecular formula is C18H29NO. The van der Waals surface area contributed by atoms with Gasteiger partial charge in [0.05, 0.1) is 6.10 Å². The maximum Gasteiger partial charge on any atom is 0.0945 e. The van der Waals surface area contributed by atoms with Crippen molar-refractivity contribution in [2.24, 2.45) is 11.8 Å². The SMILES string of the molecule is CC(C)C(NC1CCCCC1C)C(O)c1ccccc1. The average molecular weight is 275 g/mol. The molecule has 4 atom stereocenters. The number of aliphatic hydroxyl groups excluding tert-OH is 1. The van der Waals surface area contributed by atoms with E-state index < -0.39 is 6.10 Å². The summed E-state index contributed by atoms with van der Waals surface area (Å²) >= 11 is 0. The fourth-order valence-corrected chi connectivity index (χ4v) is 3.32. The molecular weight excluding hydrogens is 246 g/mol. The number of hydrogen-bond acceptors (Lipinski definition) is 2. The van der Waals surface area contributed by atoms with E-state index in [1.54, 1.807) is 0 Å². The Kier molecular flexibility index (Phi) is 5.62. The molecule has 0 bridgehead atoms. The van der Waals surface area contributed by atoms with Crippen molar-refractivity contribution in [2.45, 2.75) is 64.6 Å². The highest BCUT2D eigenvalue weighted by Crippen LogP contribution is 2.28. The Labute approximate surface area is 123 Å². The number of nitrogens with one attached hydrogen (secondary N) is 1. The summed E-state index contributed by atoms with van der Waals surface area (Å²) in [6.07, 6.45) is 4.79. The maximum atomic E-state index is 10.7. The summed E-state index contributed by atoms with van der Waals surface area (Å²) in [6.45, 7) is 6.72. The minimum Gasteiger partial charge on any atom is -0.387 e. The smallest absolute Gasteiger partial charge is 0.0945 e. The monoisotopic (exact) mass is 275 g/mol. The van der Waals surface area contributed by atoms with Crippen LogP contribution in [0.25, 0.3) is 0 Å². The Balaban J connectivity index is 2.06. The zero-order valence-corrected chi connectivity index (χ0v) is 13.0. The van der Waals surface area contributed by atoms with E-state index in [0.29, 0.717) is 17.9 Å². The fourth-order valence-electron chi connectivity index (χ4n) is 3.32. The molecule has 0 amide bonds. The molecule has 1 aliphatic carbocycles. The van der Waals surface area contributed by atoms with Gasteiger partial charge < -0.3 is 10.4 Å². The minimum atomic E-state index is -0.426. The molecule has 112 valence electrons. The van der Waals surface area contributed by atoms with Crippen LogP contribution in [0.4, 0.5) is 0 Å². The summed E-state index contributed by atoms with van der Waals surface area (Å²) in [7, 11) is 0. The third-order valence-corrected chi connectivity index (χ3v) is 4.72. The molecule has 0 spiro atoms. The number of benzene rings is 1. The highest BCUT2D eigenvalue weighted by Gasteiger charge is 2.29. The van der Waals surface area contributed by atoms with E-state index >= 15 is 0 Å². The second-order valence-corrected chi connectivity index (χ2v) is 6.66. The van der Waals surface area contributed by atoms with Gasteiger partial charge >= 0.3 is 0 Å². The van der Waals surface area contributed by atoms with E-state index in [4.69, 9.17) is 0 Å². The van der Waals surface area contributed by atoms with Gasteiger partial charge in [0.1, 0.15) is 0 Å². The first-order chi connectivity index (χ1) is 9.59. The number of aliphatic hydroxyl groups is 1. The van der Waals surface area contributed by atoms with Gasteiger partial charge in [-0.15, -0.1) is 0 Å². The van der Waals surface area contributed by atoms with E-state index in [-0.39, 0.29) is 6.04 Å². The Hall–Kier alpha value is -0.860. The van der Waals surface area contributed by atoms with Gasteiger partial charge in [-0.25, -0.2) is 0 Å². The molecule has 1 aromatic carbocycles. The van der Waals surface area contributed by atoms with Crippen LogP contribution in [-0.2, 0) is 0 Å². The molecule has 1 aromatic rings. The quantitative estimate of drug-likeness (QED) is 0.854. The minimum absolute atomic E-state index is 0.128. The van der Waals surface area contributed by atoms with E-state index in [0.717, 1.165) is 5.56 Å². The number of rotatable bonds is 5. The molecule has 2 N–H and O–H groups in total. The summed E-state index contributed by atoms with van der Waals surface area (Å²) in [4.78, 5) is 0. The number of hydrogen-bond donors (Lipinski definition) is 2. The molecule has 2 rings (SSSR count). The lowest BCUT2D eigenvalue weighted by molar-refractivity contribution is 0.0862. The topological polar surface area (TPSA) is 32.3 Å². The summed E-state index contributed by atoms with van der Waals surface area (Å²) in [5, 5.41) is 14.5. The van der Waals surface area contributed by atoms with Crippen molar-refractivity contribution in [3.05, 3.63) is 35.9 Å². The first-order valence-corrected chi connectivity index (χ1v) is 8.08. The zero-order chi connectivity index (χ0) is 14.5. The van der Waals surface area contributed by atoms with Gasteiger partial charge in [-0.05, 0) is 30.2 Å². The van der Waals surface area contributed by atoms with Crippen LogP contribution < -0.4 is 5.32 Å². The third kappa shape index (κ3) is 3.83. The summed E-state index contributed by atoms with van der Waals surface area (Å²) < 4.78 is 0. The second-order valence-electron chi connectivity index (χ2n) is 6.66. The van der Waals surface area contributed by atoms with Crippen molar-refractivity contribution in [1.82, 2.24) is 5.32 Å². The lowest BCUT2D eigenvalue weighted by Gasteiger charge is -2.37. The normalized spacial score (nSPS) is 26.4. The van der Waals surface area contributed by atoms with Gasteiger partial charge in [0.15, 0.2) is 0 Å². The predicted octanol–water partition coefficient (Wildman–Crippen LogP) is 3.91. The molecule has 2 nitrogen and oxygen atoms in total. The molecule has 0 aromatic heterocycles. The summed E-state index contributed by atoms with van der Waals surface area (Å²) in [5.74, 6) is 1.13. The van der Waals surface area contributed by atoms with Crippen LogP contribution >= 0.6 is 0 Å². The van der Waals surface area contributed by atoms with Crippen LogP contribution in [0.1, 0.15) is 58.1 Å². The molecule has 1 saturated carbocycles. The van der Waals surface area contributed by atoms with Crippen LogP contribution in [0, 0.1) is 11.8 Å². The van der Waals surface area contributed by atoms with Crippen molar-refractivity contribution in [3.8, 4) is 0 Å². The maximum absolute atomic E-state index is 10.7. The molecule has 2 heteroatoms. The average Bonchev–Trinajstić information content (AvgIpc) is 2.46. The van der Waals surface area contributed by atoms with Crippen LogP contribution in [0.3, 0.4) is 0 Å². The van der Waals surface area contributed by atoms with Crippen molar-refractivity contribution < 1.29 is 5.11 Å². The van der Waals surface area contributed by atoms with Crippen LogP contribution in [0.5, 0.6) is 0 Å². The van der Waals surface area contributed by atoms with Gasteiger partial charge in [0, 0.05) is 12.1 Å². The van der Waals surface area contributed by atoms with E-state index in [2.05, 4.69) is 26.1 Å². The fraction of sp³-hybridized carbons (Fsp3) is 0.667. The zero-order valence-electron chi connectivity index (χ0n) is 13.0. The van der Waals surface area contributed by atoms with Crippen molar-refractivity contribution >= 4 is 0 Å². The molecule has 0 heterocycles.